The molecule has 2 unspecified atom stereocenters. The third kappa shape index (κ3) is 3.96. The highest BCUT2D eigenvalue weighted by Gasteiger charge is 2.44. The van der Waals surface area contributed by atoms with Crippen molar-refractivity contribution < 1.29 is 13.2 Å². The Morgan fingerprint density at radius 1 is 1.11 bits per heavy atom. The number of aryl methyl sites for hydroxylation is 1. The van der Waals surface area contributed by atoms with E-state index in [-0.39, 0.29) is 11.8 Å². The minimum absolute atomic E-state index is 0.145. The van der Waals surface area contributed by atoms with Gasteiger partial charge < -0.3 is 0 Å². The summed E-state index contributed by atoms with van der Waals surface area (Å²) in [4.78, 5) is 16.6. The number of rotatable bonds is 7. The SMILES string of the molecule is O=C(CCc1cccnc1)Cc1ccc(S(=O)(=O)N2CC3CCC2C3)cc1. The van der Waals surface area contributed by atoms with E-state index in [2.05, 4.69) is 4.98 Å². The van der Waals surface area contributed by atoms with Crippen LogP contribution in [-0.4, -0.2) is 36.1 Å². The molecule has 142 valence electrons. The first-order valence-electron chi connectivity index (χ1n) is 9.54. The van der Waals surface area contributed by atoms with Crippen molar-refractivity contribution in [3.05, 3.63) is 59.9 Å². The van der Waals surface area contributed by atoms with Crippen LogP contribution in [0.5, 0.6) is 0 Å². The zero-order chi connectivity index (χ0) is 18.9. The van der Waals surface area contributed by atoms with Gasteiger partial charge in [0.15, 0.2) is 0 Å². The molecule has 4 rings (SSSR count). The summed E-state index contributed by atoms with van der Waals surface area (Å²) in [5.41, 5.74) is 1.90. The van der Waals surface area contributed by atoms with Crippen LogP contribution in [0.1, 0.15) is 36.8 Å². The smallest absolute Gasteiger partial charge is 0.243 e. The van der Waals surface area contributed by atoms with Crippen molar-refractivity contribution >= 4 is 15.8 Å². The number of fused-ring (bicyclic) bond motifs is 2. The highest BCUT2D eigenvalue weighted by molar-refractivity contribution is 7.89. The van der Waals surface area contributed by atoms with Gasteiger partial charge in [0.05, 0.1) is 4.90 Å². The molecule has 0 radical (unpaired) electrons. The lowest BCUT2D eigenvalue weighted by atomic mass is 10.0. The van der Waals surface area contributed by atoms with Crippen LogP contribution in [0.2, 0.25) is 0 Å². The van der Waals surface area contributed by atoms with Crippen molar-refractivity contribution in [1.82, 2.24) is 9.29 Å². The molecule has 1 aromatic heterocycles. The van der Waals surface area contributed by atoms with Gasteiger partial charge >= 0.3 is 0 Å². The molecule has 2 heterocycles. The molecule has 2 aliphatic rings. The lowest BCUT2D eigenvalue weighted by Crippen LogP contribution is -2.37. The van der Waals surface area contributed by atoms with Gasteiger partial charge in [0.25, 0.3) is 0 Å². The largest absolute Gasteiger partial charge is 0.299 e. The summed E-state index contributed by atoms with van der Waals surface area (Å²) >= 11 is 0. The first kappa shape index (κ1) is 18.3. The van der Waals surface area contributed by atoms with E-state index in [1.807, 2.05) is 12.1 Å². The summed E-state index contributed by atoms with van der Waals surface area (Å²) in [5, 5.41) is 0. The second kappa shape index (κ2) is 7.52. The van der Waals surface area contributed by atoms with E-state index in [0.717, 1.165) is 30.4 Å². The first-order valence-corrected chi connectivity index (χ1v) is 11.0. The minimum atomic E-state index is -3.42. The van der Waals surface area contributed by atoms with Crippen LogP contribution in [0.15, 0.2) is 53.7 Å². The van der Waals surface area contributed by atoms with E-state index < -0.39 is 10.0 Å². The van der Waals surface area contributed by atoms with Gasteiger partial charge in [0.1, 0.15) is 5.78 Å². The summed E-state index contributed by atoms with van der Waals surface area (Å²) in [6.07, 6.45) is 8.09. The molecule has 5 nitrogen and oxygen atoms in total. The van der Waals surface area contributed by atoms with Gasteiger partial charge in [0.2, 0.25) is 10.0 Å². The molecule has 1 saturated heterocycles. The number of aromatic nitrogens is 1. The standard InChI is InChI=1S/C21H24N2O3S/c24-20(8-4-17-2-1-11-22-14-17)13-16-5-9-21(10-6-16)27(25,26)23-15-18-3-7-19(23)12-18/h1-2,5-6,9-11,14,18-19H,3-4,7-8,12-13,15H2. The number of sulfonamides is 1. The van der Waals surface area contributed by atoms with E-state index in [0.29, 0.717) is 36.6 Å². The van der Waals surface area contributed by atoms with Crippen molar-refractivity contribution in [3.63, 3.8) is 0 Å². The Labute approximate surface area is 160 Å². The molecule has 2 bridgehead atoms. The fraction of sp³-hybridized carbons (Fsp3) is 0.429. The molecule has 2 fully saturated rings. The molecule has 2 aromatic rings. The molecule has 2 atom stereocenters. The van der Waals surface area contributed by atoms with Crippen molar-refractivity contribution in [3.8, 4) is 0 Å². The summed E-state index contributed by atoms with van der Waals surface area (Å²) in [6.45, 7) is 0.654. The molecular weight excluding hydrogens is 360 g/mol. The van der Waals surface area contributed by atoms with Crippen LogP contribution in [-0.2, 0) is 27.7 Å². The number of carbonyl (C=O) groups excluding carboxylic acids is 1. The predicted molar refractivity (Wildman–Crippen MR) is 103 cm³/mol. The molecule has 6 heteroatoms. The maximum absolute atomic E-state index is 12.9. The molecule has 0 N–H and O–H groups in total. The number of Topliss-reactive ketones (excluding diaryl/α,β-unsaturated/α-hetero) is 1. The topological polar surface area (TPSA) is 67.3 Å². The fourth-order valence-electron chi connectivity index (χ4n) is 4.23. The minimum Gasteiger partial charge on any atom is -0.299 e. The van der Waals surface area contributed by atoms with Crippen molar-refractivity contribution in [2.24, 2.45) is 5.92 Å². The monoisotopic (exact) mass is 384 g/mol. The van der Waals surface area contributed by atoms with Crippen LogP contribution in [0, 0.1) is 5.92 Å². The van der Waals surface area contributed by atoms with Crippen LogP contribution < -0.4 is 0 Å². The van der Waals surface area contributed by atoms with E-state index >= 15 is 0 Å². The maximum atomic E-state index is 12.9. The van der Waals surface area contributed by atoms with Gasteiger partial charge in [-0.1, -0.05) is 18.2 Å². The van der Waals surface area contributed by atoms with Gasteiger partial charge in [0, 0.05) is 37.8 Å². The van der Waals surface area contributed by atoms with E-state index in [1.54, 1.807) is 41.0 Å². The molecule has 0 spiro atoms. The highest BCUT2D eigenvalue weighted by atomic mass is 32.2. The quantitative estimate of drug-likeness (QED) is 0.736. The molecule has 1 aromatic carbocycles. The van der Waals surface area contributed by atoms with Crippen LogP contribution in [0.25, 0.3) is 0 Å². The molecule has 1 aliphatic carbocycles. The number of piperidine rings is 1. The summed E-state index contributed by atoms with van der Waals surface area (Å²) < 4.78 is 27.4. The zero-order valence-corrected chi connectivity index (χ0v) is 16.1. The number of hydrogen-bond acceptors (Lipinski definition) is 4. The number of pyridine rings is 1. The second-order valence-corrected chi connectivity index (χ2v) is 9.52. The van der Waals surface area contributed by atoms with Crippen LogP contribution in [0.3, 0.4) is 0 Å². The van der Waals surface area contributed by atoms with Gasteiger partial charge in [-0.2, -0.15) is 4.31 Å². The maximum Gasteiger partial charge on any atom is 0.243 e. The van der Waals surface area contributed by atoms with Crippen molar-refractivity contribution in [2.45, 2.75) is 49.5 Å². The number of ketones is 1. The van der Waals surface area contributed by atoms with Crippen molar-refractivity contribution in [2.75, 3.05) is 6.54 Å². The average Bonchev–Trinajstić information content (AvgIpc) is 3.32. The molecule has 27 heavy (non-hydrogen) atoms. The fourth-order valence-corrected chi connectivity index (χ4v) is 5.98. The van der Waals surface area contributed by atoms with Crippen LogP contribution >= 0.6 is 0 Å². The lowest BCUT2D eigenvalue weighted by molar-refractivity contribution is -0.118. The summed E-state index contributed by atoms with van der Waals surface area (Å²) in [7, 11) is -3.42. The normalized spacial score (nSPS) is 22.2. The summed E-state index contributed by atoms with van der Waals surface area (Å²) in [6, 6.07) is 10.8. The Kier molecular flexibility index (Phi) is 5.10. The molecule has 1 aliphatic heterocycles. The second-order valence-electron chi connectivity index (χ2n) is 7.63. The number of hydrogen-bond donors (Lipinski definition) is 0. The Morgan fingerprint density at radius 2 is 1.93 bits per heavy atom. The number of benzene rings is 1. The van der Waals surface area contributed by atoms with Crippen molar-refractivity contribution in [1.29, 1.82) is 0 Å². The van der Waals surface area contributed by atoms with Gasteiger partial charge in [-0.25, -0.2) is 8.42 Å². The van der Waals surface area contributed by atoms with Gasteiger partial charge in [-0.15, -0.1) is 0 Å². The molecule has 0 amide bonds. The van der Waals surface area contributed by atoms with Crippen LogP contribution in [0.4, 0.5) is 0 Å². The van der Waals surface area contributed by atoms with E-state index in [9.17, 15) is 13.2 Å². The number of nitrogens with zero attached hydrogens (tertiary/aromatic N) is 2. The third-order valence-electron chi connectivity index (χ3n) is 5.71. The van der Waals surface area contributed by atoms with Gasteiger partial charge in [-0.05, 0) is 60.9 Å². The Bertz CT molecular complexity index is 910. The lowest BCUT2D eigenvalue weighted by Gasteiger charge is -2.26. The molecule has 1 saturated carbocycles. The Balaban J connectivity index is 1.36. The average molecular weight is 385 g/mol. The van der Waals surface area contributed by atoms with Gasteiger partial charge in [-0.3, -0.25) is 9.78 Å². The first-order chi connectivity index (χ1) is 13.0. The van der Waals surface area contributed by atoms with E-state index in [1.165, 1.54) is 0 Å². The highest BCUT2D eigenvalue weighted by Crippen LogP contribution is 2.40. The van der Waals surface area contributed by atoms with E-state index in [4.69, 9.17) is 0 Å². The molecular formula is C21H24N2O3S. The zero-order valence-electron chi connectivity index (χ0n) is 15.3. The predicted octanol–water partition coefficient (Wildman–Crippen LogP) is 3.00. The summed E-state index contributed by atoms with van der Waals surface area (Å²) in [5.74, 6) is 0.674. The Morgan fingerprint density at radius 3 is 2.56 bits per heavy atom. The Hall–Kier alpha value is -2.05. The third-order valence-corrected chi connectivity index (χ3v) is 7.64. The number of carbonyl (C=O) groups is 1.